The highest BCUT2D eigenvalue weighted by atomic mass is 32.1. The molecule has 2 heterocycles. The molecule has 2 aromatic heterocycles. The van der Waals surface area contributed by atoms with Crippen LogP contribution in [0.2, 0.25) is 0 Å². The lowest BCUT2D eigenvalue weighted by molar-refractivity contribution is 0.00722. The maximum Gasteiger partial charge on any atom is 0.342 e. The molecule has 0 aromatic carbocycles. The molecule has 0 spiro atoms. The second kappa shape index (κ2) is 5.01. The van der Waals surface area contributed by atoms with Gasteiger partial charge < -0.3 is 10.5 Å². The summed E-state index contributed by atoms with van der Waals surface area (Å²) in [6.07, 6.45) is 1.68. The molecule has 0 aliphatic rings. The number of esters is 1. The fraction of sp³-hybridized carbons (Fsp3) is 0.286. The molecular weight excluding hydrogens is 260 g/mol. The molecule has 0 radical (unpaired) electrons. The molecule has 2 rings (SSSR count). The summed E-state index contributed by atoms with van der Waals surface area (Å²) in [5.41, 5.74) is 7.18. The normalized spacial score (nSPS) is 11.3. The van der Waals surface area contributed by atoms with Crippen molar-refractivity contribution in [2.45, 2.75) is 26.4 Å². The number of anilines is 1. The summed E-state index contributed by atoms with van der Waals surface area (Å²) in [4.78, 5) is 16.5. The number of aromatic nitrogens is 1. The van der Waals surface area contributed by atoms with Gasteiger partial charge in [-0.2, -0.15) is 0 Å². The Balaban J connectivity index is 2.42. The van der Waals surface area contributed by atoms with Gasteiger partial charge in [-0.3, -0.25) is 4.98 Å². The van der Waals surface area contributed by atoms with Crippen LogP contribution < -0.4 is 5.73 Å². The number of thiophene rings is 1. The van der Waals surface area contributed by atoms with Gasteiger partial charge in [0.1, 0.15) is 16.2 Å². The van der Waals surface area contributed by atoms with E-state index >= 15 is 0 Å². The van der Waals surface area contributed by atoms with Crippen LogP contribution in [0.4, 0.5) is 5.00 Å². The van der Waals surface area contributed by atoms with Crippen molar-refractivity contribution in [2.24, 2.45) is 0 Å². The van der Waals surface area contributed by atoms with E-state index in [9.17, 15) is 4.79 Å². The zero-order valence-corrected chi connectivity index (χ0v) is 12.0. The molecule has 0 fully saturated rings. The number of nitrogens with two attached hydrogens (primary N) is 1. The second-order valence-electron chi connectivity index (χ2n) is 5.11. The lowest BCUT2D eigenvalue weighted by Gasteiger charge is -2.19. The molecule has 2 aromatic rings. The molecule has 0 unspecified atom stereocenters. The van der Waals surface area contributed by atoms with Gasteiger partial charge in [-0.05, 0) is 32.9 Å². The van der Waals surface area contributed by atoms with Gasteiger partial charge in [0.25, 0.3) is 0 Å². The van der Waals surface area contributed by atoms with Crippen LogP contribution in [0, 0.1) is 0 Å². The summed E-state index contributed by atoms with van der Waals surface area (Å²) in [7, 11) is 0. The first-order chi connectivity index (χ1) is 8.88. The highest BCUT2D eigenvalue weighted by molar-refractivity contribution is 7.14. The third kappa shape index (κ3) is 3.12. The lowest BCUT2D eigenvalue weighted by atomic mass is 10.1. The van der Waals surface area contributed by atoms with Crippen molar-refractivity contribution in [3.05, 3.63) is 35.3 Å². The molecule has 100 valence electrons. The number of hydrogen-bond donors (Lipinski definition) is 1. The first-order valence-corrected chi connectivity index (χ1v) is 6.78. The topological polar surface area (TPSA) is 65.2 Å². The molecule has 2 N–H and O–H groups in total. The van der Waals surface area contributed by atoms with Crippen LogP contribution in [0.5, 0.6) is 0 Å². The summed E-state index contributed by atoms with van der Waals surface area (Å²) >= 11 is 1.32. The molecule has 0 bridgehead atoms. The summed E-state index contributed by atoms with van der Waals surface area (Å²) in [5.74, 6) is -0.410. The number of hydrogen-bond acceptors (Lipinski definition) is 5. The van der Waals surface area contributed by atoms with Gasteiger partial charge in [0.05, 0.1) is 5.69 Å². The van der Waals surface area contributed by atoms with Crippen LogP contribution in [-0.2, 0) is 4.74 Å². The van der Waals surface area contributed by atoms with E-state index in [1.54, 1.807) is 6.20 Å². The number of nitrogen functional groups attached to an aromatic ring is 1. The Labute approximate surface area is 116 Å². The zero-order chi connectivity index (χ0) is 14.0. The Hall–Kier alpha value is -1.88. The lowest BCUT2D eigenvalue weighted by Crippen LogP contribution is -2.24. The summed E-state index contributed by atoms with van der Waals surface area (Å²) in [6.45, 7) is 5.48. The monoisotopic (exact) mass is 276 g/mol. The second-order valence-corrected chi connectivity index (χ2v) is 6.02. The molecule has 4 nitrogen and oxygen atoms in total. The molecule has 0 saturated heterocycles. The largest absolute Gasteiger partial charge is 0.456 e. The van der Waals surface area contributed by atoms with Gasteiger partial charge in [0.2, 0.25) is 0 Å². The molecule has 0 amide bonds. The maximum absolute atomic E-state index is 12.2. The molecule has 5 heteroatoms. The summed E-state index contributed by atoms with van der Waals surface area (Å²) in [6, 6.07) is 5.54. The van der Waals surface area contributed by atoms with E-state index in [0.29, 0.717) is 10.6 Å². The van der Waals surface area contributed by atoms with Gasteiger partial charge >= 0.3 is 5.97 Å². The first kappa shape index (κ1) is 13.5. The Morgan fingerprint density at radius 1 is 1.37 bits per heavy atom. The van der Waals surface area contributed by atoms with E-state index in [-0.39, 0.29) is 0 Å². The van der Waals surface area contributed by atoms with Crippen molar-refractivity contribution in [1.29, 1.82) is 0 Å². The number of nitrogens with zero attached hydrogens (tertiary/aromatic N) is 1. The van der Waals surface area contributed by atoms with Crippen molar-refractivity contribution in [1.82, 2.24) is 4.98 Å². The Kier molecular flexibility index (Phi) is 3.57. The van der Waals surface area contributed by atoms with Gasteiger partial charge in [0, 0.05) is 17.1 Å². The number of ether oxygens (including phenoxy) is 1. The Morgan fingerprint density at radius 3 is 2.68 bits per heavy atom. The van der Waals surface area contributed by atoms with Gasteiger partial charge in [-0.25, -0.2) is 4.79 Å². The third-order valence-electron chi connectivity index (χ3n) is 2.36. The SMILES string of the molecule is CC(C)(C)OC(=O)c1c(-c2ccccn2)csc1N. The van der Waals surface area contributed by atoms with Gasteiger partial charge in [-0.1, -0.05) is 6.07 Å². The van der Waals surface area contributed by atoms with Crippen molar-refractivity contribution >= 4 is 22.3 Å². The summed E-state index contributed by atoms with van der Waals surface area (Å²) < 4.78 is 5.39. The number of pyridine rings is 1. The fourth-order valence-corrected chi connectivity index (χ4v) is 2.42. The number of carbonyl (C=O) groups excluding carboxylic acids is 1. The minimum atomic E-state index is -0.549. The number of carbonyl (C=O) groups is 1. The van der Waals surface area contributed by atoms with Crippen LogP contribution in [0.1, 0.15) is 31.1 Å². The van der Waals surface area contributed by atoms with Crippen LogP contribution in [-0.4, -0.2) is 16.6 Å². The van der Waals surface area contributed by atoms with Crippen LogP contribution in [0.15, 0.2) is 29.8 Å². The Bertz CT molecular complexity index is 585. The first-order valence-electron chi connectivity index (χ1n) is 5.90. The molecule has 0 aliphatic carbocycles. The zero-order valence-electron chi connectivity index (χ0n) is 11.1. The Morgan fingerprint density at radius 2 is 2.11 bits per heavy atom. The predicted octanol–water partition coefficient (Wildman–Crippen LogP) is 3.35. The molecule has 0 aliphatic heterocycles. The van der Waals surface area contributed by atoms with Crippen molar-refractivity contribution in [3.63, 3.8) is 0 Å². The van der Waals surface area contributed by atoms with E-state index in [4.69, 9.17) is 10.5 Å². The van der Waals surface area contributed by atoms with Crippen LogP contribution in [0.25, 0.3) is 11.3 Å². The molecular formula is C14H16N2O2S. The van der Waals surface area contributed by atoms with Crippen LogP contribution in [0.3, 0.4) is 0 Å². The van der Waals surface area contributed by atoms with E-state index < -0.39 is 11.6 Å². The average molecular weight is 276 g/mol. The fourth-order valence-electron chi connectivity index (χ4n) is 1.62. The van der Waals surface area contributed by atoms with E-state index in [1.807, 2.05) is 44.4 Å². The predicted molar refractivity (Wildman–Crippen MR) is 77.1 cm³/mol. The molecule has 19 heavy (non-hydrogen) atoms. The minimum Gasteiger partial charge on any atom is -0.456 e. The average Bonchev–Trinajstić information content (AvgIpc) is 2.70. The minimum absolute atomic E-state index is 0.402. The highest BCUT2D eigenvalue weighted by Gasteiger charge is 2.24. The van der Waals surface area contributed by atoms with E-state index in [1.165, 1.54) is 11.3 Å². The molecule has 0 atom stereocenters. The molecule has 0 saturated carbocycles. The van der Waals surface area contributed by atoms with Crippen molar-refractivity contribution < 1.29 is 9.53 Å². The highest BCUT2D eigenvalue weighted by Crippen LogP contribution is 2.33. The third-order valence-corrected chi connectivity index (χ3v) is 3.17. The van der Waals surface area contributed by atoms with Crippen molar-refractivity contribution in [2.75, 3.05) is 5.73 Å². The maximum atomic E-state index is 12.2. The quantitative estimate of drug-likeness (QED) is 0.854. The van der Waals surface area contributed by atoms with E-state index in [0.717, 1.165) is 11.3 Å². The van der Waals surface area contributed by atoms with Gasteiger partial charge in [-0.15, -0.1) is 11.3 Å². The summed E-state index contributed by atoms with van der Waals surface area (Å²) in [5, 5.41) is 2.28. The van der Waals surface area contributed by atoms with Crippen LogP contribution >= 0.6 is 11.3 Å². The van der Waals surface area contributed by atoms with E-state index in [2.05, 4.69) is 4.98 Å². The standard InChI is InChI=1S/C14H16N2O2S/c1-14(2,3)18-13(17)11-9(8-19-12(11)15)10-6-4-5-7-16-10/h4-8H,15H2,1-3H3. The van der Waals surface area contributed by atoms with Gasteiger partial charge in [0.15, 0.2) is 0 Å². The number of rotatable bonds is 2. The van der Waals surface area contributed by atoms with Crippen molar-refractivity contribution in [3.8, 4) is 11.3 Å². The smallest absolute Gasteiger partial charge is 0.342 e.